The highest BCUT2D eigenvalue weighted by atomic mass is 31.2. The van der Waals surface area contributed by atoms with Crippen LogP contribution in [0.1, 0.15) is 0 Å². The molecule has 0 amide bonds. The first-order chi connectivity index (χ1) is 20.1. The molecular weight excluding hydrogens is 518 g/mol. The number of rotatable bonds is 3. The fourth-order valence-corrected chi connectivity index (χ4v) is 10.5. The summed E-state index contributed by atoms with van der Waals surface area (Å²) >= 11 is 0. The Morgan fingerprint density at radius 2 is 0.756 bits per heavy atom. The molecule has 9 aromatic rings. The normalized spacial score (nSPS) is 12.6. The van der Waals surface area contributed by atoms with Crippen molar-refractivity contribution in [2.24, 2.45) is 0 Å². The first-order valence-electron chi connectivity index (χ1n) is 13.9. The van der Waals surface area contributed by atoms with Crippen LogP contribution >= 0.6 is 6.89 Å². The van der Waals surface area contributed by atoms with E-state index in [1.54, 1.807) is 12.1 Å². The smallest absolute Gasteiger partial charge is 0.123 e. The maximum absolute atomic E-state index is 14.3. The summed E-state index contributed by atoms with van der Waals surface area (Å²) in [6, 6.07) is 47.1. The van der Waals surface area contributed by atoms with Gasteiger partial charge in [0.15, 0.2) is 0 Å². The molecule has 41 heavy (non-hydrogen) atoms. The van der Waals surface area contributed by atoms with Gasteiger partial charge in [0.1, 0.15) is 5.82 Å². The standard InChI is InChI=1S/C39H24FP/c1-41(31-18-16-30(40)17-19-31,34-22-14-28-10-8-24-4-2-6-26-12-20-32(34)38(28)36(24)26)35-23-15-29-11-9-25-5-3-7-27-13-21-33(35)39(29)37(25)27/h2-23H,1H2. The van der Waals surface area contributed by atoms with Gasteiger partial charge in [0.05, 0.1) is 0 Å². The van der Waals surface area contributed by atoms with Gasteiger partial charge in [-0.15, -0.1) is 0 Å². The van der Waals surface area contributed by atoms with E-state index in [0.717, 1.165) is 5.30 Å². The SMILES string of the molecule is C=P(c1ccc(F)cc1)(c1ccc2ccc3cccc4ccc1c2c34)c1ccc2ccc3cccc4ccc1c2c34. The molecule has 0 saturated heterocycles. The van der Waals surface area contributed by atoms with Crippen LogP contribution in [-0.4, -0.2) is 6.30 Å². The third-order valence-electron chi connectivity index (χ3n) is 9.10. The van der Waals surface area contributed by atoms with Gasteiger partial charge in [-0.25, -0.2) is 4.39 Å². The van der Waals surface area contributed by atoms with Crippen LogP contribution in [0.5, 0.6) is 0 Å². The van der Waals surface area contributed by atoms with E-state index in [9.17, 15) is 4.39 Å². The molecule has 0 nitrogen and oxygen atoms in total. The van der Waals surface area contributed by atoms with E-state index in [1.165, 1.54) is 75.2 Å². The van der Waals surface area contributed by atoms with Gasteiger partial charge in [0, 0.05) is 0 Å². The van der Waals surface area contributed by atoms with Gasteiger partial charge in [-0.3, -0.25) is 0 Å². The highest BCUT2D eigenvalue weighted by Crippen LogP contribution is 2.49. The van der Waals surface area contributed by atoms with Crippen molar-refractivity contribution in [2.45, 2.75) is 0 Å². The lowest BCUT2D eigenvalue weighted by atomic mass is 9.94. The molecule has 2 heteroatoms. The van der Waals surface area contributed by atoms with Crippen molar-refractivity contribution in [1.82, 2.24) is 0 Å². The van der Waals surface area contributed by atoms with E-state index < -0.39 is 6.89 Å². The molecule has 0 aromatic heterocycles. The quantitative estimate of drug-likeness (QED) is 0.154. The molecule has 0 N–H and O–H groups in total. The van der Waals surface area contributed by atoms with Gasteiger partial charge in [-0.1, -0.05) is 128 Å². The summed E-state index contributed by atoms with van der Waals surface area (Å²) in [5.74, 6) is -0.230. The average Bonchev–Trinajstić information content (AvgIpc) is 3.02. The van der Waals surface area contributed by atoms with Crippen LogP contribution in [-0.2, 0) is 0 Å². The van der Waals surface area contributed by atoms with Crippen LogP contribution in [0.3, 0.4) is 0 Å². The van der Waals surface area contributed by atoms with Crippen LogP contribution in [0.25, 0.3) is 64.6 Å². The summed E-state index contributed by atoms with van der Waals surface area (Å²) in [5.41, 5.74) is 0. The van der Waals surface area contributed by atoms with Crippen LogP contribution < -0.4 is 15.9 Å². The third kappa shape index (κ3) is 3.05. The maximum atomic E-state index is 14.3. The second-order valence-electron chi connectivity index (χ2n) is 11.2. The van der Waals surface area contributed by atoms with E-state index in [1.807, 2.05) is 12.1 Å². The zero-order valence-electron chi connectivity index (χ0n) is 22.2. The summed E-state index contributed by atoms with van der Waals surface area (Å²) in [6.45, 7) is -2.48. The van der Waals surface area contributed by atoms with Crippen molar-refractivity contribution >= 4 is 93.7 Å². The maximum Gasteiger partial charge on any atom is 0.123 e. The Morgan fingerprint density at radius 3 is 1.20 bits per heavy atom. The minimum absolute atomic E-state index is 0.230. The number of hydrogen-bond donors (Lipinski definition) is 0. The molecule has 0 atom stereocenters. The Bertz CT molecular complexity index is 2320. The molecule has 0 aliphatic rings. The largest absolute Gasteiger partial charge is 0.207 e. The van der Waals surface area contributed by atoms with Crippen LogP contribution in [0.2, 0.25) is 0 Å². The Labute approximate surface area is 236 Å². The highest BCUT2D eigenvalue weighted by molar-refractivity contribution is 7.94. The van der Waals surface area contributed by atoms with Gasteiger partial charge < -0.3 is 0 Å². The molecular formula is C39H24FP. The molecule has 0 heterocycles. The van der Waals surface area contributed by atoms with E-state index >= 15 is 0 Å². The van der Waals surface area contributed by atoms with Crippen molar-refractivity contribution in [3.05, 3.63) is 139 Å². The van der Waals surface area contributed by atoms with Crippen LogP contribution in [0, 0.1) is 5.82 Å². The predicted molar refractivity (Wildman–Crippen MR) is 180 cm³/mol. The Kier molecular flexibility index (Phi) is 4.59. The monoisotopic (exact) mass is 542 g/mol. The van der Waals surface area contributed by atoms with Gasteiger partial charge in [-0.05, 0) is 99.6 Å². The average molecular weight is 543 g/mol. The van der Waals surface area contributed by atoms with Gasteiger partial charge in [0.25, 0.3) is 0 Å². The van der Waals surface area contributed by atoms with Crippen LogP contribution in [0.15, 0.2) is 133 Å². The van der Waals surface area contributed by atoms with Gasteiger partial charge >= 0.3 is 0 Å². The minimum atomic E-state index is -2.48. The van der Waals surface area contributed by atoms with Crippen molar-refractivity contribution in [3.8, 4) is 0 Å². The van der Waals surface area contributed by atoms with Crippen molar-refractivity contribution in [2.75, 3.05) is 0 Å². The molecule has 0 radical (unpaired) electrons. The molecule has 9 aromatic carbocycles. The molecule has 0 aliphatic heterocycles. The molecule has 0 saturated carbocycles. The lowest BCUT2D eigenvalue weighted by molar-refractivity contribution is 0.628. The summed E-state index contributed by atoms with van der Waals surface area (Å²) in [6.07, 6.45) is 5.16. The number of halogens is 1. The number of hydrogen-bond acceptors (Lipinski definition) is 0. The van der Waals surface area contributed by atoms with Crippen molar-refractivity contribution < 1.29 is 4.39 Å². The highest BCUT2D eigenvalue weighted by Gasteiger charge is 2.28. The summed E-state index contributed by atoms with van der Waals surface area (Å²) in [7, 11) is 0. The lowest BCUT2D eigenvalue weighted by Crippen LogP contribution is -2.27. The van der Waals surface area contributed by atoms with Crippen molar-refractivity contribution in [3.63, 3.8) is 0 Å². The molecule has 9 rings (SSSR count). The zero-order chi connectivity index (χ0) is 27.3. The van der Waals surface area contributed by atoms with E-state index in [2.05, 4.69) is 109 Å². The molecule has 0 fully saturated rings. The van der Waals surface area contributed by atoms with Crippen LogP contribution in [0.4, 0.5) is 4.39 Å². The number of benzene rings is 9. The molecule has 0 bridgehead atoms. The summed E-state index contributed by atoms with van der Waals surface area (Å²) in [5, 5.41) is 18.6. The Morgan fingerprint density at radius 1 is 0.390 bits per heavy atom. The van der Waals surface area contributed by atoms with E-state index in [-0.39, 0.29) is 5.82 Å². The second-order valence-corrected chi connectivity index (χ2v) is 14.3. The van der Waals surface area contributed by atoms with Gasteiger partial charge in [-0.2, -0.15) is 0 Å². The van der Waals surface area contributed by atoms with E-state index in [0.29, 0.717) is 0 Å². The fourth-order valence-electron chi connectivity index (χ4n) is 7.21. The molecule has 0 unspecified atom stereocenters. The topological polar surface area (TPSA) is 0 Å². The van der Waals surface area contributed by atoms with E-state index in [4.69, 9.17) is 6.30 Å². The first kappa shape index (κ1) is 23.0. The molecule has 192 valence electrons. The fraction of sp³-hybridized carbons (Fsp3) is 0. The van der Waals surface area contributed by atoms with Gasteiger partial charge in [0.2, 0.25) is 0 Å². The second kappa shape index (κ2) is 8.16. The van der Waals surface area contributed by atoms with Crippen molar-refractivity contribution in [1.29, 1.82) is 0 Å². The first-order valence-corrected chi connectivity index (χ1v) is 15.9. The molecule has 0 aliphatic carbocycles. The summed E-state index contributed by atoms with van der Waals surface area (Å²) in [4.78, 5) is 0. The summed E-state index contributed by atoms with van der Waals surface area (Å²) < 4.78 is 14.3. The Hall–Kier alpha value is -4.71. The molecule has 0 spiro atoms. The minimum Gasteiger partial charge on any atom is -0.207 e. The third-order valence-corrected chi connectivity index (χ3v) is 12.7. The lowest BCUT2D eigenvalue weighted by Gasteiger charge is -2.30. The zero-order valence-corrected chi connectivity index (χ0v) is 23.1. The predicted octanol–water partition coefficient (Wildman–Crippen LogP) is 9.35. The Balaban J connectivity index is 1.46.